The Balaban J connectivity index is 2.05. The molecule has 7 heteroatoms. The van der Waals surface area contributed by atoms with Gasteiger partial charge < -0.3 is 5.32 Å². The number of carbonyl (C=O) groups excluding carboxylic acids is 1. The third kappa shape index (κ3) is 5.28. The fourth-order valence-corrected chi connectivity index (χ4v) is 4.97. The van der Waals surface area contributed by atoms with Crippen LogP contribution in [0.4, 0.5) is 0 Å². The molecular formula is C20H26N2O3S2. The Labute approximate surface area is 165 Å². The van der Waals surface area contributed by atoms with Gasteiger partial charge in [0.15, 0.2) is 0 Å². The van der Waals surface area contributed by atoms with Gasteiger partial charge in [-0.25, -0.2) is 8.42 Å². The lowest BCUT2D eigenvalue weighted by molar-refractivity contribution is -0.117. The van der Waals surface area contributed by atoms with Crippen LogP contribution < -0.4 is 5.32 Å². The Morgan fingerprint density at radius 2 is 1.81 bits per heavy atom. The van der Waals surface area contributed by atoms with Crippen molar-refractivity contribution in [3.8, 4) is 0 Å². The molecule has 2 rings (SSSR count). The quantitative estimate of drug-likeness (QED) is 0.675. The lowest BCUT2D eigenvalue weighted by Crippen LogP contribution is -2.30. The number of amides is 1. The second-order valence-corrected chi connectivity index (χ2v) is 9.08. The molecule has 0 bridgehead atoms. The Morgan fingerprint density at radius 1 is 1.19 bits per heavy atom. The molecule has 0 saturated heterocycles. The zero-order valence-corrected chi connectivity index (χ0v) is 17.7. The SMILES string of the molecule is CCN(CC)S(=O)(=O)c1ccc([C@H](C)NC(=O)/C=C/c2sccc2C)cc1. The highest BCUT2D eigenvalue weighted by atomic mass is 32.2. The number of nitrogens with one attached hydrogen (secondary N) is 1. The van der Waals surface area contributed by atoms with E-state index in [1.165, 1.54) is 10.4 Å². The Hall–Kier alpha value is -1.96. The third-order valence-electron chi connectivity index (χ3n) is 4.37. The highest BCUT2D eigenvalue weighted by Crippen LogP contribution is 2.20. The molecule has 0 aliphatic carbocycles. The first kappa shape index (κ1) is 21.3. The van der Waals surface area contributed by atoms with Crippen molar-refractivity contribution in [2.24, 2.45) is 0 Å². The lowest BCUT2D eigenvalue weighted by atomic mass is 10.1. The fourth-order valence-electron chi connectivity index (χ4n) is 2.69. The van der Waals surface area contributed by atoms with Gasteiger partial charge in [0.1, 0.15) is 0 Å². The minimum absolute atomic E-state index is 0.185. The van der Waals surface area contributed by atoms with Crippen molar-refractivity contribution in [2.75, 3.05) is 13.1 Å². The zero-order valence-electron chi connectivity index (χ0n) is 16.1. The third-order valence-corrected chi connectivity index (χ3v) is 7.42. The van der Waals surface area contributed by atoms with Crippen LogP contribution in [0, 0.1) is 6.92 Å². The number of hydrogen-bond acceptors (Lipinski definition) is 4. The standard InChI is InChI=1S/C20H26N2O3S2/c1-5-22(6-2)27(24,25)18-9-7-17(8-10-18)16(4)21-20(23)12-11-19-15(3)13-14-26-19/h7-14,16H,5-6H2,1-4H3,(H,21,23)/b12-11+/t16-/m0/s1. The van der Waals surface area contributed by atoms with E-state index in [2.05, 4.69) is 5.32 Å². The van der Waals surface area contributed by atoms with Gasteiger partial charge in [0, 0.05) is 24.0 Å². The minimum atomic E-state index is -3.47. The van der Waals surface area contributed by atoms with Crippen molar-refractivity contribution in [3.63, 3.8) is 0 Å². The predicted octanol–water partition coefficient (Wildman–Crippen LogP) is 3.98. The van der Waals surface area contributed by atoms with Crippen LogP contribution in [0.1, 0.15) is 42.8 Å². The summed E-state index contributed by atoms with van der Waals surface area (Å²) in [5, 5.41) is 4.89. The molecule has 0 radical (unpaired) electrons. The summed E-state index contributed by atoms with van der Waals surface area (Å²) in [5.74, 6) is -0.185. The maximum absolute atomic E-state index is 12.5. The summed E-state index contributed by atoms with van der Waals surface area (Å²) >= 11 is 1.59. The summed E-state index contributed by atoms with van der Waals surface area (Å²) in [5.41, 5.74) is 1.99. The molecule has 2 aromatic rings. The van der Waals surface area contributed by atoms with Crippen LogP contribution in [0.5, 0.6) is 0 Å². The van der Waals surface area contributed by atoms with Crippen molar-refractivity contribution in [2.45, 2.75) is 38.6 Å². The second-order valence-electron chi connectivity index (χ2n) is 6.19. The maximum Gasteiger partial charge on any atom is 0.244 e. The molecule has 1 heterocycles. The minimum Gasteiger partial charge on any atom is -0.346 e. The highest BCUT2D eigenvalue weighted by molar-refractivity contribution is 7.89. The van der Waals surface area contributed by atoms with Crippen molar-refractivity contribution >= 4 is 33.3 Å². The van der Waals surface area contributed by atoms with Gasteiger partial charge in [-0.3, -0.25) is 4.79 Å². The van der Waals surface area contributed by atoms with Crippen molar-refractivity contribution < 1.29 is 13.2 Å². The van der Waals surface area contributed by atoms with Crippen LogP contribution in [-0.4, -0.2) is 31.7 Å². The van der Waals surface area contributed by atoms with Crippen LogP contribution in [0.15, 0.2) is 46.7 Å². The summed E-state index contributed by atoms with van der Waals surface area (Å²) in [4.78, 5) is 13.5. The van der Waals surface area contributed by atoms with Crippen LogP contribution in [-0.2, 0) is 14.8 Å². The number of carbonyl (C=O) groups is 1. The number of hydrogen-bond donors (Lipinski definition) is 1. The van der Waals surface area contributed by atoms with Crippen molar-refractivity contribution in [1.29, 1.82) is 0 Å². The molecule has 0 spiro atoms. The van der Waals surface area contributed by atoms with E-state index in [1.54, 1.807) is 35.6 Å². The van der Waals surface area contributed by atoms with Gasteiger partial charge in [-0.1, -0.05) is 26.0 Å². The Kier molecular flexibility index (Phi) is 7.35. The molecule has 1 aromatic carbocycles. The van der Waals surface area contributed by atoms with Crippen molar-refractivity contribution in [1.82, 2.24) is 9.62 Å². The smallest absolute Gasteiger partial charge is 0.244 e. The zero-order chi connectivity index (χ0) is 20.0. The molecule has 1 aromatic heterocycles. The molecule has 0 unspecified atom stereocenters. The maximum atomic E-state index is 12.5. The van der Waals surface area contributed by atoms with Gasteiger partial charge in [0.05, 0.1) is 10.9 Å². The van der Waals surface area contributed by atoms with E-state index < -0.39 is 10.0 Å². The monoisotopic (exact) mass is 406 g/mol. The van der Waals surface area contributed by atoms with E-state index in [4.69, 9.17) is 0 Å². The van der Waals surface area contributed by atoms with E-state index in [1.807, 2.05) is 45.2 Å². The summed E-state index contributed by atoms with van der Waals surface area (Å²) in [6.07, 6.45) is 3.33. The molecule has 0 aliphatic rings. The van der Waals surface area contributed by atoms with E-state index in [9.17, 15) is 13.2 Å². The van der Waals surface area contributed by atoms with E-state index in [0.717, 1.165) is 16.0 Å². The van der Waals surface area contributed by atoms with Gasteiger partial charge in [0.25, 0.3) is 0 Å². The number of sulfonamides is 1. The van der Waals surface area contributed by atoms with Crippen molar-refractivity contribution in [3.05, 3.63) is 57.8 Å². The molecular weight excluding hydrogens is 380 g/mol. The Bertz CT molecular complexity index is 896. The average Bonchev–Trinajstić information content (AvgIpc) is 3.05. The molecule has 146 valence electrons. The molecule has 27 heavy (non-hydrogen) atoms. The van der Waals surface area contributed by atoms with Gasteiger partial charge in [-0.2, -0.15) is 4.31 Å². The normalized spacial score (nSPS) is 13.2. The Morgan fingerprint density at radius 3 is 2.33 bits per heavy atom. The number of benzene rings is 1. The highest BCUT2D eigenvalue weighted by Gasteiger charge is 2.21. The van der Waals surface area contributed by atoms with E-state index >= 15 is 0 Å². The average molecular weight is 407 g/mol. The van der Waals surface area contributed by atoms with Gasteiger partial charge >= 0.3 is 0 Å². The predicted molar refractivity (Wildman–Crippen MR) is 111 cm³/mol. The van der Waals surface area contributed by atoms with Crippen LogP contribution in [0.25, 0.3) is 6.08 Å². The van der Waals surface area contributed by atoms with Crippen LogP contribution in [0.3, 0.4) is 0 Å². The first-order valence-electron chi connectivity index (χ1n) is 8.92. The molecule has 5 nitrogen and oxygen atoms in total. The van der Waals surface area contributed by atoms with Gasteiger partial charge in [-0.15, -0.1) is 11.3 Å². The lowest BCUT2D eigenvalue weighted by Gasteiger charge is -2.19. The first-order valence-corrected chi connectivity index (χ1v) is 11.2. The number of thiophene rings is 1. The summed E-state index contributed by atoms with van der Waals surface area (Å²) in [6, 6.07) is 8.46. The first-order chi connectivity index (χ1) is 12.8. The molecule has 1 atom stereocenters. The topological polar surface area (TPSA) is 66.5 Å². The number of rotatable bonds is 8. The molecule has 1 amide bonds. The second kappa shape index (κ2) is 9.30. The van der Waals surface area contributed by atoms with Crippen LogP contribution >= 0.6 is 11.3 Å². The summed E-state index contributed by atoms with van der Waals surface area (Å²) in [7, 11) is -3.47. The van der Waals surface area contributed by atoms with E-state index in [0.29, 0.717) is 13.1 Å². The van der Waals surface area contributed by atoms with Gasteiger partial charge in [-0.05, 0) is 54.6 Å². The van der Waals surface area contributed by atoms with E-state index in [-0.39, 0.29) is 16.8 Å². The largest absolute Gasteiger partial charge is 0.346 e. The summed E-state index contributed by atoms with van der Waals surface area (Å²) < 4.78 is 26.5. The molecule has 1 N–H and O–H groups in total. The summed E-state index contributed by atoms with van der Waals surface area (Å²) in [6.45, 7) is 8.38. The van der Waals surface area contributed by atoms with Gasteiger partial charge in [0.2, 0.25) is 15.9 Å². The fraction of sp³-hybridized carbons (Fsp3) is 0.350. The number of nitrogens with zero attached hydrogens (tertiary/aromatic N) is 1. The molecule has 0 fully saturated rings. The molecule has 0 aliphatic heterocycles. The molecule has 0 saturated carbocycles. The number of aryl methyl sites for hydroxylation is 1. The van der Waals surface area contributed by atoms with Crippen LogP contribution in [0.2, 0.25) is 0 Å².